The van der Waals surface area contributed by atoms with Crippen LogP contribution in [0.15, 0.2) is 0 Å². The Morgan fingerprint density at radius 3 is 2.75 bits per heavy atom. The topological polar surface area (TPSA) is 49.9 Å². The fourth-order valence-electron chi connectivity index (χ4n) is 2.32. The molecule has 0 radical (unpaired) electrons. The second-order valence-corrected chi connectivity index (χ2v) is 5.25. The summed E-state index contributed by atoms with van der Waals surface area (Å²) in [6, 6.07) is 0.485. The number of hydrogen-bond donors (Lipinski definition) is 2. The molecule has 1 unspecified atom stereocenters. The van der Waals surface area contributed by atoms with Crippen LogP contribution in [0, 0.1) is 13.8 Å². The van der Waals surface area contributed by atoms with Crippen LogP contribution in [0.5, 0.6) is 0 Å². The van der Waals surface area contributed by atoms with Gasteiger partial charge in [-0.1, -0.05) is 0 Å². The molecule has 2 N–H and O–H groups in total. The monoisotopic (exact) mass is 223 g/mol. The average Bonchev–Trinajstić information content (AvgIpc) is 2.48. The molecule has 0 aromatic carbocycles. The molecule has 1 aliphatic heterocycles. The minimum Gasteiger partial charge on any atom is -0.379 e. The molecule has 1 saturated heterocycles. The van der Waals surface area contributed by atoms with Crippen LogP contribution < -0.4 is 5.32 Å². The van der Waals surface area contributed by atoms with Crippen LogP contribution in [0.4, 0.5) is 5.69 Å². The first kappa shape index (κ1) is 11.5. The molecule has 1 aromatic heterocycles. The van der Waals surface area contributed by atoms with Crippen molar-refractivity contribution in [2.45, 2.75) is 52.2 Å². The first-order chi connectivity index (χ1) is 7.48. The van der Waals surface area contributed by atoms with Crippen LogP contribution in [0.1, 0.15) is 38.1 Å². The van der Waals surface area contributed by atoms with E-state index in [0.717, 1.165) is 36.5 Å². The van der Waals surface area contributed by atoms with Gasteiger partial charge in [-0.05, 0) is 40.5 Å². The number of nitrogens with one attached hydrogen (secondary N) is 2. The van der Waals surface area contributed by atoms with Gasteiger partial charge in [0.25, 0.3) is 0 Å². The van der Waals surface area contributed by atoms with Crippen LogP contribution >= 0.6 is 0 Å². The van der Waals surface area contributed by atoms with Gasteiger partial charge in [-0.15, -0.1) is 0 Å². The van der Waals surface area contributed by atoms with Gasteiger partial charge in [0, 0.05) is 12.6 Å². The van der Waals surface area contributed by atoms with Crippen molar-refractivity contribution in [1.82, 2.24) is 10.2 Å². The summed E-state index contributed by atoms with van der Waals surface area (Å²) in [6.45, 7) is 9.20. The van der Waals surface area contributed by atoms with Crippen molar-refractivity contribution in [2.75, 3.05) is 11.9 Å². The van der Waals surface area contributed by atoms with E-state index in [1.54, 1.807) is 0 Å². The molecule has 4 nitrogen and oxygen atoms in total. The Bertz CT molecular complexity index is 351. The third-order valence-corrected chi connectivity index (χ3v) is 3.17. The van der Waals surface area contributed by atoms with Crippen LogP contribution in [-0.4, -0.2) is 28.4 Å². The van der Waals surface area contributed by atoms with Crippen molar-refractivity contribution in [3.63, 3.8) is 0 Å². The summed E-state index contributed by atoms with van der Waals surface area (Å²) < 4.78 is 5.71. The summed E-state index contributed by atoms with van der Waals surface area (Å²) in [5.41, 5.74) is 3.30. The Balaban J connectivity index is 2.05. The maximum absolute atomic E-state index is 5.71. The third-order valence-electron chi connectivity index (χ3n) is 3.17. The lowest BCUT2D eigenvalue weighted by atomic mass is 9.93. The van der Waals surface area contributed by atoms with Crippen molar-refractivity contribution in [3.8, 4) is 0 Å². The van der Waals surface area contributed by atoms with Crippen molar-refractivity contribution in [1.29, 1.82) is 0 Å². The van der Waals surface area contributed by atoms with Gasteiger partial charge in [0.15, 0.2) is 0 Å². The predicted octanol–water partition coefficient (Wildman–Crippen LogP) is 2.40. The van der Waals surface area contributed by atoms with Gasteiger partial charge in [0.1, 0.15) is 0 Å². The van der Waals surface area contributed by atoms with Gasteiger partial charge < -0.3 is 10.1 Å². The van der Waals surface area contributed by atoms with E-state index in [-0.39, 0.29) is 5.60 Å². The van der Waals surface area contributed by atoms with Crippen molar-refractivity contribution in [3.05, 3.63) is 11.4 Å². The van der Waals surface area contributed by atoms with E-state index in [4.69, 9.17) is 4.74 Å². The number of aryl methyl sites for hydroxylation is 2. The normalized spacial score (nSPS) is 24.4. The fraction of sp³-hybridized carbons (Fsp3) is 0.750. The average molecular weight is 223 g/mol. The Morgan fingerprint density at radius 2 is 2.19 bits per heavy atom. The second kappa shape index (κ2) is 4.09. The summed E-state index contributed by atoms with van der Waals surface area (Å²) in [4.78, 5) is 0. The Labute approximate surface area is 96.8 Å². The van der Waals surface area contributed by atoms with Gasteiger partial charge in [-0.2, -0.15) is 5.10 Å². The van der Waals surface area contributed by atoms with Crippen LogP contribution in [-0.2, 0) is 4.74 Å². The quantitative estimate of drug-likeness (QED) is 0.809. The molecular weight excluding hydrogens is 202 g/mol. The summed E-state index contributed by atoms with van der Waals surface area (Å²) in [7, 11) is 0. The molecule has 0 amide bonds. The van der Waals surface area contributed by atoms with E-state index >= 15 is 0 Å². The summed E-state index contributed by atoms with van der Waals surface area (Å²) >= 11 is 0. The fourth-order valence-corrected chi connectivity index (χ4v) is 2.32. The van der Waals surface area contributed by atoms with Gasteiger partial charge in [0.2, 0.25) is 0 Å². The number of aromatic amines is 1. The number of aromatic nitrogens is 2. The number of nitrogens with zero attached hydrogens (tertiary/aromatic N) is 1. The molecule has 4 heteroatoms. The number of H-pyrrole nitrogens is 1. The second-order valence-electron chi connectivity index (χ2n) is 5.25. The smallest absolute Gasteiger partial charge is 0.0825 e. The predicted molar refractivity (Wildman–Crippen MR) is 64.7 cm³/mol. The lowest BCUT2D eigenvalue weighted by molar-refractivity contribution is -0.0553. The molecule has 0 saturated carbocycles. The minimum absolute atomic E-state index is 0.0124. The Hall–Kier alpha value is -1.03. The minimum atomic E-state index is -0.0124. The molecule has 0 bridgehead atoms. The van der Waals surface area contributed by atoms with Crippen LogP contribution in [0.3, 0.4) is 0 Å². The van der Waals surface area contributed by atoms with E-state index in [9.17, 15) is 0 Å². The number of rotatable bonds is 2. The largest absolute Gasteiger partial charge is 0.379 e. The van der Waals surface area contributed by atoms with Gasteiger partial charge >= 0.3 is 0 Å². The molecule has 16 heavy (non-hydrogen) atoms. The molecule has 0 spiro atoms. The van der Waals surface area contributed by atoms with Crippen LogP contribution in [0.2, 0.25) is 0 Å². The lowest BCUT2D eigenvalue weighted by Gasteiger charge is -2.36. The van der Waals surface area contributed by atoms with Gasteiger partial charge in [-0.25, -0.2) is 0 Å². The molecule has 1 aromatic rings. The highest BCUT2D eigenvalue weighted by Gasteiger charge is 2.29. The van der Waals surface area contributed by atoms with E-state index < -0.39 is 0 Å². The zero-order valence-corrected chi connectivity index (χ0v) is 10.6. The zero-order valence-electron chi connectivity index (χ0n) is 10.6. The van der Waals surface area contributed by atoms with E-state index in [1.165, 1.54) is 0 Å². The molecule has 1 aliphatic rings. The number of ether oxygens (including phenoxy) is 1. The maximum Gasteiger partial charge on any atom is 0.0825 e. The zero-order chi connectivity index (χ0) is 11.8. The highest BCUT2D eigenvalue weighted by molar-refractivity contribution is 5.52. The molecule has 1 atom stereocenters. The summed E-state index contributed by atoms with van der Waals surface area (Å²) in [5.74, 6) is 0. The number of anilines is 1. The van der Waals surface area contributed by atoms with Crippen LogP contribution in [0.25, 0.3) is 0 Å². The van der Waals surface area contributed by atoms with Crippen molar-refractivity contribution >= 4 is 5.69 Å². The van der Waals surface area contributed by atoms with Gasteiger partial charge in [0.05, 0.1) is 22.7 Å². The molecule has 1 fully saturated rings. The number of hydrogen-bond acceptors (Lipinski definition) is 3. The third kappa shape index (κ3) is 2.38. The van der Waals surface area contributed by atoms with Gasteiger partial charge in [-0.3, -0.25) is 5.10 Å². The van der Waals surface area contributed by atoms with Crippen molar-refractivity contribution < 1.29 is 4.74 Å². The Kier molecular flexibility index (Phi) is 2.93. The molecule has 2 rings (SSSR count). The molecule has 0 aliphatic carbocycles. The standard InChI is InChI=1S/C12H21N3O/c1-8-11(9(2)15-14-8)13-10-5-6-16-12(3,4)7-10/h10,13H,5-7H2,1-4H3,(H,14,15). The summed E-state index contributed by atoms with van der Waals surface area (Å²) in [5, 5.41) is 10.8. The first-order valence-corrected chi connectivity index (χ1v) is 5.90. The maximum atomic E-state index is 5.71. The highest BCUT2D eigenvalue weighted by Crippen LogP contribution is 2.27. The van der Waals surface area contributed by atoms with Crippen molar-refractivity contribution in [2.24, 2.45) is 0 Å². The van der Waals surface area contributed by atoms with E-state index in [1.807, 2.05) is 13.8 Å². The SMILES string of the molecule is Cc1n[nH]c(C)c1NC1CCOC(C)(C)C1. The molecular formula is C12H21N3O. The molecule has 90 valence electrons. The Morgan fingerprint density at radius 1 is 1.44 bits per heavy atom. The molecule has 2 heterocycles. The lowest BCUT2D eigenvalue weighted by Crippen LogP contribution is -2.40. The summed E-state index contributed by atoms with van der Waals surface area (Å²) in [6.07, 6.45) is 2.10. The first-order valence-electron chi connectivity index (χ1n) is 5.90. The highest BCUT2D eigenvalue weighted by atomic mass is 16.5. The van der Waals surface area contributed by atoms with E-state index in [0.29, 0.717) is 6.04 Å². The van der Waals surface area contributed by atoms with E-state index in [2.05, 4.69) is 29.4 Å².